The molecule has 0 spiro atoms. The zero-order chi connectivity index (χ0) is 11.9. The van der Waals surface area contributed by atoms with E-state index in [4.69, 9.17) is 0 Å². The van der Waals surface area contributed by atoms with Gasteiger partial charge in [0, 0.05) is 17.6 Å². The summed E-state index contributed by atoms with van der Waals surface area (Å²) in [7, 11) is 0. The van der Waals surface area contributed by atoms with Crippen LogP contribution < -0.4 is 5.32 Å². The Hall–Kier alpha value is -0.450. The van der Waals surface area contributed by atoms with E-state index in [1.54, 1.807) is 11.3 Å². The Morgan fingerprint density at radius 3 is 3.00 bits per heavy atom. The molecule has 0 aromatic carbocycles. The van der Waals surface area contributed by atoms with E-state index in [1.807, 2.05) is 11.7 Å². The van der Waals surface area contributed by atoms with Crippen LogP contribution in [0.4, 0.5) is 0 Å². The molecule has 1 aromatic heterocycles. The summed E-state index contributed by atoms with van der Waals surface area (Å²) < 4.78 is 0. The number of aromatic nitrogens is 1. The lowest BCUT2D eigenvalue weighted by Crippen LogP contribution is -2.34. The van der Waals surface area contributed by atoms with Crippen LogP contribution in [0.5, 0.6) is 0 Å². The molecule has 0 atom stereocenters. The van der Waals surface area contributed by atoms with E-state index in [0.717, 1.165) is 19.0 Å². The number of hydrogen-bond acceptors (Lipinski definition) is 4. The van der Waals surface area contributed by atoms with Gasteiger partial charge < -0.3 is 10.2 Å². The number of likely N-dealkylation sites (tertiary alicyclic amines) is 1. The summed E-state index contributed by atoms with van der Waals surface area (Å²) in [6.07, 6.45) is 5.97. The van der Waals surface area contributed by atoms with Crippen molar-refractivity contribution in [3.63, 3.8) is 0 Å². The van der Waals surface area contributed by atoms with Gasteiger partial charge in [-0.15, -0.1) is 11.3 Å². The highest BCUT2D eigenvalue weighted by Gasteiger charge is 2.14. The van der Waals surface area contributed by atoms with Crippen molar-refractivity contribution >= 4 is 11.3 Å². The average Bonchev–Trinajstić information content (AvgIpc) is 2.84. The van der Waals surface area contributed by atoms with Crippen LogP contribution in [0.25, 0.3) is 0 Å². The minimum absolute atomic E-state index is 0.940. The Kier molecular flexibility index (Phi) is 5.42. The van der Waals surface area contributed by atoms with Gasteiger partial charge in [0.2, 0.25) is 0 Å². The third-order valence-corrected chi connectivity index (χ3v) is 4.27. The van der Waals surface area contributed by atoms with Crippen molar-refractivity contribution in [2.45, 2.75) is 32.7 Å². The Morgan fingerprint density at radius 1 is 1.47 bits per heavy atom. The van der Waals surface area contributed by atoms with Gasteiger partial charge in [0.15, 0.2) is 0 Å². The van der Waals surface area contributed by atoms with Crippen molar-refractivity contribution in [3.8, 4) is 0 Å². The number of nitrogens with zero attached hydrogens (tertiary/aromatic N) is 2. The van der Waals surface area contributed by atoms with E-state index in [-0.39, 0.29) is 0 Å². The lowest BCUT2D eigenvalue weighted by Gasteiger charge is -2.30. The second-order valence-electron chi connectivity index (χ2n) is 5.02. The highest BCUT2D eigenvalue weighted by molar-refractivity contribution is 7.09. The highest BCUT2D eigenvalue weighted by atomic mass is 32.1. The Balaban J connectivity index is 1.49. The molecule has 2 heterocycles. The molecule has 0 unspecified atom stereocenters. The van der Waals surface area contributed by atoms with Crippen LogP contribution in [-0.2, 0) is 6.54 Å². The molecular formula is C13H23N3S. The predicted octanol–water partition coefficient (Wildman–Crippen LogP) is 2.35. The first-order valence-corrected chi connectivity index (χ1v) is 7.53. The fraction of sp³-hybridized carbons (Fsp3) is 0.769. The van der Waals surface area contributed by atoms with Crippen LogP contribution in [0.1, 0.15) is 31.1 Å². The van der Waals surface area contributed by atoms with Gasteiger partial charge in [0.05, 0.1) is 5.51 Å². The molecule has 96 valence electrons. The molecule has 2 rings (SSSR count). The number of rotatable bonds is 6. The van der Waals surface area contributed by atoms with Gasteiger partial charge in [-0.1, -0.05) is 6.92 Å². The van der Waals surface area contributed by atoms with Crippen LogP contribution in [0.2, 0.25) is 0 Å². The molecule has 1 N–H and O–H groups in total. The molecule has 0 saturated carbocycles. The lowest BCUT2D eigenvalue weighted by molar-refractivity contribution is 0.190. The molecule has 1 saturated heterocycles. The molecule has 1 aromatic rings. The maximum Gasteiger partial charge on any atom is 0.0794 e. The number of piperidine rings is 1. The molecule has 0 radical (unpaired) electrons. The number of nitrogens with one attached hydrogen (secondary N) is 1. The van der Waals surface area contributed by atoms with Gasteiger partial charge in [-0.25, -0.2) is 0 Å². The van der Waals surface area contributed by atoms with E-state index < -0.39 is 0 Å². The Morgan fingerprint density at radius 2 is 2.29 bits per heavy atom. The SMILES string of the molecule is CC1CCN(CCCNCc2cncs2)CC1. The smallest absolute Gasteiger partial charge is 0.0794 e. The fourth-order valence-electron chi connectivity index (χ4n) is 2.25. The van der Waals surface area contributed by atoms with Crippen molar-refractivity contribution < 1.29 is 0 Å². The van der Waals surface area contributed by atoms with Crippen molar-refractivity contribution in [2.24, 2.45) is 5.92 Å². The van der Waals surface area contributed by atoms with Crippen LogP contribution in [0, 0.1) is 5.92 Å². The molecule has 1 aliphatic rings. The monoisotopic (exact) mass is 253 g/mol. The maximum atomic E-state index is 4.07. The Labute approximate surface area is 108 Å². The van der Waals surface area contributed by atoms with Gasteiger partial charge in [-0.2, -0.15) is 0 Å². The number of hydrogen-bond donors (Lipinski definition) is 1. The summed E-state index contributed by atoms with van der Waals surface area (Å²) in [5.41, 5.74) is 1.89. The molecule has 1 fully saturated rings. The summed E-state index contributed by atoms with van der Waals surface area (Å²) in [5, 5.41) is 3.48. The summed E-state index contributed by atoms with van der Waals surface area (Å²) in [4.78, 5) is 8.01. The summed E-state index contributed by atoms with van der Waals surface area (Å²) in [6.45, 7) is 8.31. The van der Waals surface area contributed by atoms with E-state index in [0.29, 0.717) is 0 Å². The minimum Gasteiger partial charge on any atom is -0.312 e. The molecular weight excluding hydrogens is 230 g/mol. The zero-order valence-corrected chi connectivity index (χ0v) is 11.5. The highest BCUT2D eigenvalue weighted by Crippen LogP contribution is 2.15. The molecule has 0 aliphatic carbocycles. The molecule has 17 heavy (non-hydrogen) atoms. The topological polar surface area (TPSA) is 28.2 Å². The largest absolute Gasteiger partial charge is 0.312 e. The second kappa shape index (κ2) is 7.09. The first kappa shape index (κ1) is 13.0. The normalized spacial score (nSPS) is 18.6. The first-order valence-electron chi connectivity index (χ1n) is 6.65. The maximum absolute atomic E-state index is 4.07. The predicted molar refractivity (Wildman–Crippen MR) is 73.3 cm³/mol. The van der Waals surface area contributed by atoms with Gasteiger partial charge in [0.25, 0.3) is 0 Å². The van der Waals surface area contributed by atoms with Gasteiger partial charge in [-0.3, -0.25) is 4.98 Å². The lowest BCUT2D eigenvalue weighted by atomic mass is 9.99. The van der Waals surface area contributed by atoms with Crippen LogP contribution in [0.3, 0.4) is 0 Å². The van der Waals surface area contributed by atoms with Gasteiger partial charge >= 0.3 is 0 Å². The molecule has 4 heteroatoms. The molecule has 0 bridgehead atoms. The third-order valence-electron chi connectivity index (χ3n) is 3.49. The van der Waals surface area contributed by atoms with Gasteiger partial charge in [0.1, 0.15) is 0 Å². The summed E-state index contributed by atoms with van der Waals surface area (Å²) in [5.74, 6) is 0.940. The molecule has 3 nitrogen and oxygen atoms in total. The average molecular weight is 253 g/mol. The fourth-order valence-corrected chi connectivity index (χ4v) is 2.82. The summed E-state index contributed by atoms with van der Waals surface area (Å²) >= 11 is 1.73. The van der Waals surface area contributed by atoms with E-state index in [2.05, 4.69) is 22.1 Å². The second-order valence-corrected chi connectivity index (χ2v) is 5.99. The minimum atomic E-state index is 0.940. The Bertz CT molecular complexity index is 292. The van der Waals surface area contributed by atoms with E-state index >= 15 is 0 Å². The summed E-state index contributed by atoms with van der Waals surface area (Å²) in [6, 6.07) is 0. The first-order chi connectivity index (χ1) is 8.34. The van der Waals surface area contributed by atoms with Crippen LogP contribution in [-0.4, -0.2) is 36.1 Å². The van der Waals surface area contributed by atoms with Crippen LogP contribution >= 0.6 is 11.3 Å². The molecule has 1 aliphatic heterocycles. The quantitative estimate of drug-likeness (QED) is 0.789. The van der Waals surface area contributed by atoms with Gasteiger partial charge in [-0.05, 0) is 51.4 Å². The van der Waals surface area contributed by atoms with Crippen molar-refractivity contribution in [1.82, 2.24) is 15.2 Å². The molecule has 0 amide bonds. The third kappa shape index (κ3) is 4.74. The number of thiazole rings is 1. The van der Waals surface area contributed by atoms with Crippen molar-refractivity contribution in [2.75, 3.05) is 26.2 Å². The zero-order valence-electron chi connectivity index (χ0n) is 10.7. The van der Waals surface area contributed by atoms with E-state index in [9.17, 15) is 0 Å². The van der Waals surface area contributed by atoms with Crippen LogP contribution in [0.15, 0.2) is 11.7 Å². The van der Waals surface area contributed by atoms with Crippen molar-refractivity contribution in [3.05, 3.63) is 16.6 Å². The standard InChI is InChI=1S/C13H23N3S/c1-12-3-7-16(8-4-12)6-2-5-14-9-13-10-15-11-17-13/h10-12,14H,2-9H2,1H3. The van der Waals surface area contributed by atoms with E-state index in [1.165, 1.54) is 43.8 Å². The van der Waals surface area contributed by atoms with Crippen molar-refractivity contribution in [1.29, 1.82) is 0 Å².